The molecule has 7 nitrogen and oxygen atoms in total. The second kappa shape index (κ2) is 6.59. The molecule has 0 saturated carbocycles. The Morgan fingerprint density at radius 2 is 2.06 bits per heavy atom. The van der Waals surface area contributed by atoms with Crippen LogP contribution in [0.15, 0.2) is 0 Å². The highest BCUT2D eigenvalue weighted by Crippen LogP contribution is 2.09. The molecule has 7 heteroatoms. The van der Waals surface area contributed by atoms with Gasteiger partial charge in [0, 0.05) is 20.1 Å². The number of anilines is 2. The van der Waals surface area contributed by atoms with E-state index in [0.717, 1.165) is 6.42 Å². The molecule has 98 valence electrons. The van der Waals surface area contributed by atoms with Crippen molar-refractivity contribution in [3.05, 3.63) is 5.82 Å². The number of nitrogens with one attached hydrogen (secondary N) is 2. The standard InChI is InChI=1S/C11H19N7/c1-5-8(2)14-10-15-9(6-13-7-12)16-11(17-10)18(3)4/h8,13H,5-6H2,1-4H3,(H,14,15,16,17). The van der Waals surface area contributed by atoms with E-state index in [1.807, 2.05) is 20.3 Å². The van der Waals surface area contributed by atoms with Crippen LogP contribution in [0.1, 0.15) is 26.1 Å². The summed E-state index contributed by atoms with van der Waals surface area (Å²) in [5.74, 6) is 1.66. The zero-order valence-corrected chi connectivity index (χ0v) is 11.2. The van der Waals surface area contributed by atoms with E-state index in [1.54, 1.807) is 4.90 Å². The first-order valence-corrected chi connectivity index (χ1v) is 5.87. The summed E-state index contributed by atoms with van der Waals surface area (Å²) in [5.41, 5.74) is 0. The van der Waals surface area contributed by atoms with Gasteiger partial charge < -0.3 is 15.5 Å². The lowest BCUT2D eigenvalue weighted by atomic mass is 10.3. The van der Waals surface area contributed by atoms with Gasteiger partial charge in [-0.1, -0.05) is 6.92 Å². The average Bonchev–Trinajstić information content (AvgIpc) is 2.35. The van der Waals surface area contributed by atoms with E-state index in [4.69, 9.17) is 5.26 Å². The summed E-state index contributed by atoms with van der Waals surface area (Å²) < 4.78 is 0. The van der Waals surface area contributed by atoms with Crippen LogP contribution < -0.4 is 15.5 Å². The van der Waals surface area contributed by atoms with Crippen LogP contribution >= 0.6 is 0 Å². The summed E-state index contributed by atoms with van der Waals surface area (Å²) in [7, 11) is 3.73. The predicted molar refractivity (Wildman–Crippen MR) is 70.0 cm³/mol. The number of rotatable bonds is 6. The molecule has 0 fully saturated rings. The average molecular weight is 249 g/mol. The van der Waals surface area contributed by atoms with E-state index >= 15 is 0 Å². The fourth-order valence-corrected chi connectivity index (χ4v) is 1.19. The molecular formula is C11H19N7. The van der Waals surface area contributed by atoms with Crippen molar-refractivity contribution < 1.29 is 0 Å². The van der Waals surface area contributed by atoms with Crippen LogP contribution in [0.3, 0.4) is 0 Å². The predicted octanol–water partition coefficient (Wildman–Crippen LogP) is 0.719. The van der Waals surface area contributed by atoms with Crippen molar-refractivity contribution in [2.75, 3.05) is 24.3 Å². The first-order valence-electron chi connectivity index (χ1n) is 5.87. The van der Waals surface area contributed by atoms with Gasteiger partial charge in [-0.3, -0.25) is 0 Å². The number of aromatic nitrogens is 3. The van der Waals surface area contributed by atoms with Gasteiger partial charge in [-0.15, -0.1) is 0 Å². The van der Waals surface area contributed by atoms with E-state index < -0.39 is 0 Å². The number of nitrogens with zero attached hydrogens (tertiary/aromatic N) is 5. The van der Waals surface area contributed by atoms with E-state index in [0.29, 0.717) is 30.3 Å². The molecule has 0 aliphatic heterocycles. The van der Waals surface area contributed by atoms with E-state index in [-0.39, 0.29) is 0 Å². The maximum atomic E-state index is 8.50. The minimum absolute atomic E-state index is 0.291. The monoisotopic (exact) mass is 249 g/mol. The Morgan fingerprint density at radius 1 is 1.33 bits per heavy atom. The van der Waals surface area contributed by atoms with Crippen molar-refractivity contribution in [1.29, 1.82) is 5.26 Å². The SMILES string of the molecule is CCC(C)Nc1nc(CNC#N)nc(N(C)C)n1. The Kier molecular flexibility index (Phi) is 5.11. The number of nitriles is 1. The van der Waals surface area contributed by atoms with Gasteiger partial charge in [0.15, 0.2) is 12.0 Å². The molecule has 0 bridgehead atoms. The minimum Gasteiger partial charge on any atom is -0.352 e. The maximum absolute atomic E-state index is 8.50. The lowest BCUT2D eigenvalue weighted by molar-refractivity contribution is 0.734. The second-order valence-electron chi connectivity index (χ2n) is 4.19. The Balaban J connectivity index is 2.95. The van der Waals surface area contributed by atoms with Crippen LogP contribution in [0.4, 0.5) is 11.9 Å². The molecule has 0 amide bonds. The third-order valence-corrected chi connectivity index (χ3v) is 2.38. The molecule has 1 unspecified atom stereocenters. The van der Waals surface area contributed by atoms with E-state index in [2.05, 4.69) is 39.4 Å². The molecule has 1 aromatic rings. The van der Waals surface area contributed by atoms with Gasteiger partial charge in [-0.2, -0.15) is 20.2 Å². The van der Waals surface area contributed by atoms with Gasteiger partial charge in [0.1, 0.15) is 0 Å². The molecule has 0 aliphatic rings. The van der Waals surface area contributed by atoms with Gasteiger partial charge in [0.05, 0.1) is 6.54 Å². The molecule has 0 spiro atoms. The Hall–Kier alpha value is -2.10. The van der Waals surface area contributed by atoms with Crippen LogP contribution in [0.25, 0.3) is 0 Å². The third kappa shape index (κ3) is 4.05. The quantitative estimate of drug-likeness (QED) is 0.567. The van der Waals surface area contributed by atoms with Crippen LogP contribution in [0, 0.1) is 11.5 Å². The highest BCUT2D eigenvalue weighted by atomic mass is 15.3. The van der Waals surface area contributed by atoms with Crippen LogP contribution in [-0.2, 0) is 6.54 Å². The van der Waals surface area contributed by atoms with Crippen molar-refractivity contribution in [3.63, 3.8) is 0 Å². The summed E-state index contributed by atoms with van der Waals surface area (Å²) in [4.78, 5) is 14.6. The molecule has 1 atom stereocenters. The first-order chi connectivity index (χ1) is 8.56. The van der Waals surface area contributed by atoms with Crippen LogP contribution in [0.5, 0.6) is 0 Å². The van der Waals surface area contributed by atoms with Crippen molar-refractivity contribution in [2.24, 2.45) is 0 Å². The summed E-state index contributed by atoms with van der Waals surface area (Å²) >= 11 is 0. The van der Waals surface area contributed by atoms with Crippen molar-refractivity contribution in [3.8, 4) is 6.19 Å². The van der Waals surface area contributed by atoms with Crippen molar-refractivity contribution >= 4 is 11.9 Å². The molecule has 2 N–H and O–H groups in total. The zero-order chi connectivity index (χ0) is 13.5. The smallest absolute Gasteiger partial charge is 0.229 e. The number of hydrogen-bond donors (Lipinski definition) is 2. The molecule has 1 heterocycles. The molecule has 0 radical (unpaired) electrons. The summed E-state index contributed by atoms with van der Waals surface area (Å²) in [6, 6.07) is 0.291. The van der Waals surface area contributed by atoms with Crippen LogP contribution in [0.2, 0.25) is 0 Å². The molecule has 0 aromatic carbocycles. The van der Waals surface area contributed by atoms with Gasteiger partial charge in [-0.25, -0.2) is 0 Å². The zero-order valence-electron chi connectivity index (χ0n) is 11.2. The summed E-state index contributed by atoms with van der Waals surface area (Å²) in [6.07, 6.45) is 2.83. The molecule has 18 heavy (non-hydrogen) atoms. The topological polar surface area (TPSA) is 89.8 Å². The third-order valence-electron chi connectivity index (χ3n) is 2.38. The van der Waals surface area contributed by atoms with Crippen molar-refractivity contribution in [2.45, 2.75) is 32.9 Å². The molecular weight excluding hydrogens is 230 g/mol. The molecule has 0 saturated heterocycles. The van der Waals surface area contributed by atoms with Gasteiger partial charge >= 0.3 is 0 Å². The Morgan fingerprint density at radius 3 is 2.61 bits per heavy atom. The first kappa shape index (κ1) is 14.0. The molecule has 1 rings (SSSR count). The second-order valence-corrected chi connectivity index (χ2v) is 4.19. The Labute approximate surface area is 107 Å². The summed E-state index contributed by atoms with van der Waals surface area (Å²) in [6.45, 7) is 4.45. The van der Waals surface area contributed by atoms with Gasteiger partial charge in [0.25, 0.3) is 0 Å². The fourth-order valence-electron chi connectivity index (χ4n) is 1.19. The normalized spacial score (nSPS) is 11.5. The maximum Gasteiger partial charge on any atom is 0.229 e. The minimum atomic E-state index is 0.291. The fraction of sp³-hybridized carbons (Fsp3) is 0.636. The summed E-state index contributed by atoms with van der Waals surface area (Å²) in [5, 5.41) is 14.2. The molecule has 0 aliphatic carbocycles. The van der Waals surface area contributed by atoms with E-state index in [1.165, 1.54) is 0 Å². The number of hydrogen-bond acceptors (Lipinski definition) is 7. The molecule has 1 aromatic heterocycles. The largest absolute Gasteiger partial charge is 0.352 e. The highest BCUT2D eigenvalue weighted by molar-refractivity contribution is 5.36. The highest BCUT2D eigenvalue weighted by Gasteiger charge is 2.09. The van der Waals surface area contributed by atoms with Gasteiger partial charge in [-0.05, 0) is 13.3 Å². The van der Waals surface area contributed by atoms with Crippen molar-refractivity contribution in [1.82, 2.24) is 20.3 Å². The lowest BCUT2D eigenvalue weighted by Crippen LogP contribution is -2.21. The van der Waals surface area contributed by atoms with E-state index in [9.17, 15) is 0 Å². The lowest BCUT2D eigenvalue weighted by Gasteiger charge is -2.15. The van der Waals surface area contributed by atoms with Gasteiger partial charge in [0.2, 0.25) is 11.9 Å². The van der Waals surface area contributed by atoms with Crippen LogP contribution in [-0.4, -0.2) is 35.1 Å². The Bertz CT molecular complexity index is 424.